The fourth-order valence-corrected chi connectivity index (χ4v) is 3.59. The molecule has 1 heterocycles. The first-order valence-electron chi connectivity index (χ1n) is 6.33. The third kappa shape index (κ3) is 6.99. The van der Waals surface area contributed by atoms with Gasteiger partial charge in [0.05, 0.1) is 5.75 Å². The Labute approximate surface area is 122 Å². The highest BCUT2D eigenvalue weighted by Crippen LogP contribution is 2.16. The lowest BCUT2D eigenvalue weighted by Crippen LogP contribution is -2.50. The third-order valence-corrected chi connectivity index (χ3v) is 4.96. The van der Waals surface area contributed by atoms with Crippen LogP contribution in [0.3, 0.4) is 0 Å². The molecule has 3 N–H and O–H groups in total. The van der Waals surface area contributed by atoms with E-state index < -0.39 is 27.9 Å². The standard InChI is InChI=1S/C11H20N2O5S2/c1-20(17,18)7-4-9(10(14)15)13-11(16)12-8-2-5-19-6-3-8/h8-9H,2-7H2,1H3,(H,14,15)(H2,12,13,16). The minimum atomic E-state index is -3.25. The van der Waals surface area contributed by atoms with E-state index in [1.54, 1.807) is 0 Å². The number of urea groups is 1. The van der Waals surface area contributed by atoms with Crippen LogP contribution in [0.25, 0.3) is 0 Å². The molecular weight excluding hydrogens is 304 g/mol. The fourth-order valence-electron chi connectivity index (χ4n) is 1.82. The number of carboxylic acid groups (broad SMARTS) is 1. The zero-order valence-corrected chi connectivity index (χ0v) is 12.9. The van der Waals surface area contributed by atoms with Crippen molar-refractivity contribution < 1.29 is 23.1 Å². The SMILES string of the molecule is CS(=O)(=O)CCC(NC(=O)NC1CCSCC1)C(=O)O. The lowest BCUT2D eigenvalue weighted by atomic mass is 10.1. The van der Waals surface area contributed by atoms with Gasteiger partial charge < -0.3 is 15.7 Å². The summed E-state index contributed by atoms with van der Waals surface area (Å²) in [7, 11) is -3.25. The Morgan fingerprint density at radius 1 is 1.35 bits per heavy atom. The highest BCUT2D eigenvalue weighted by molar-refractivity contribution is 7.99. The molecule has 1 aliphatic rings. The van der Waals surface area contributed by atoms with E-state index in [9.17, 15) is 18.0 Å². The number of nitrogens with one attached hydrogen (secondary N) is 2. The van der Waals surface area contributed by atoms with E-state index in [0.29, 0.717) is 0 Å². The van der Waals surface area contributed by atoms with Gasteiger partial charge in [0.2, 0.25) is 0 Å². The van der Waals surface area contributed by atoms with Crippen molar-refractivity contribution in [1.82, 2.24) is 10.6 Å². The van der Waals surface area contributed by atoms with Crippen LogP contribution in [0, 0.1) is 0 Å². The number of aliphatic carboxylic acids is 1. The van der Waals surface area contributed by atoms with Crippen molar-refractivity contribution in [2.24, 2.45) is 0 Å². The van der Waals surface area contributed by atoms with Gasteiger partial charge in [0.1, 0.15) is 15.9 Å². The lowest BCUT2D eigenvalue weighted by Gasteiger charge is -2.23. The second-order valence-corrected chi connectivity index (χ2v) is 8.30. The van der Waals surface area contributed by atoms with E-state index in [0.717, 1.165) is 30.6 Å². The Bertz CT molecular complexity index is 446. The molecule has 20 heavy (non-hydrogen) atoms. The van der Waals surface area contributed by atoms with E-state index >= 15 is 0 Å². The van der Waals surface area contributed by atoms with E-state index in [1.807, 2.05) is 11.8 Å². The van der Waals surface area contributed by atoms with Crippen LogP contribution in [0.2, 0.25) is 0 Å². The second kappa shape index (κ2) is 7.72. The molecule has 0 radical (unpaired) electrons. The summed E-state index contributed by atoms with van der Waals surface area (Å²) in [4.78, 5) is 22.7. The molecule has 9 heteroatoms. The van der Waals surface area contributed by atoms with Crippen LogP contribution in [0.1, 0.15) is 19.3 Å². The number of rotatable bonds is 6. The molecule has 0 saturated carbocycles. The second-order valence-electron chi connectivity index (χ2n) is 4.81. The fraction of sp³-hybridized carbons (Fsp3) is 0.818. The molecule has 1 atom stereocenters. The molecule has 1 fully saturated rings. The summed E-state index contributed by atoms with van der Waals surface area (Å²) in [5.41, 5.74) is 0. The number of thioether (sulfide) groups is 1. The molecule has 0 aromatic heterocycles. The first kappa shape index (κ1) is 17.1. The number of carbonyl (C=O) groups excluding carboxylic acids is 1. The first-order chi connectivity index (χ1) is 9.28. The number of carboxylic acids is 1. The quantitative estimate of drug-likeness (QED) is 0.637. The van der Waals surface area contributed by atoms with Gasteiger partial charge in [0.25, 0.3) is 0 Å². The number of sulfone groups is 1. The van der Waals surface area contributed by atoms with Crippen molar-refractivity contribution in [3.63, 3.8) is 0 Å². The van der Waals surface area contributed by atoms with Gasteiger partial charge in [-0.3, -0.25) is 0 Å². The molecule has 0 bridgehead atoms. The first-order valence-corrected chi connectivity index (χ1v) is 9.55. The van der Waals surface area contributed by atoms with Crippen molar-refractivity contribution in [3.05, 3.63) is 0 Å². The van der Waals surface area contributed by atoms with Crippen molar-refractivity contribution in [3.8, 4) is 0 Å². The lowest BCUT2D eigenvalue weighted by molar-refractivity contribution is -0.139. The van der Waals surface area contributed by atoms with Crippen LogP contribution in [-0.2, 0) is 14.6 Å². The van der Waals surface area contributed by atoms with Crippen LogP contribution in [0.5, 0.6) is 0 Å². The van der Waals surface area contributed by atoms with Crippen molar-refractivity contribution in [2.45, 2.75) is 31.3 Å². The minimum Gasteiger partial charge on any atom is -0.480 e. The molecule has 7 nitrogen and oxygen atoms in total. The monoisotopic (exact) mass is 324 g/mol. The van der Waals surface area contributed by atoms with Gasteiger partial charge >= 0.3 is 12.0 Å². The van der Waals surface area contributed by atoms with Gasteiger partial charge in [-0.15, -0.1) is 0 Å². The molecule has 0 spiro atoms. The largest absolute Gasteiger partial charge is 0.480 e. The normalized spacial score (nSPS) is 18.2. The molecule has 0 aliphatic carbocycles. The van der Waals surface area contributed by atoms with E-state index in [2.05, 4.69) is 10.6 Å². The molecule has 2 amide bonds. The topological polar surface area (TPSA) is 113 Å². The average Bonchev–Trinajstić information content (AvgIpc) is 2.34. The molecule has 0 aromatic carbocycles. The molecule has 1 unspecified atom stereocenters. The molecule has 1 rings (SSSR count). The number of hydrogen-bond donors (Lipinski definition) is 3. The maximum Gasteiger partial charge on any atom is 0.326 e. The van der Waals surface area contributed by atoms with E-state index in [-0.39, 0.29) is 18.2 Å². The van der Waals surface area contributed by atoms with Crippen molar-refractivity contribution in [2.75, 3.05) is 23.5 Å². The Balaban J connectivity index is 2.43. The maximum absolute atomic E-state index is 11.7. The van der Waals surface area contributed by atoms with Gasteiger partial charge in [-0.05, 0) is 30.8 Å². The molecule has 116 valence electrons. The van der Waals surface area contributed by atoms with Gasteiger partial charge in [0, 0.05) is 12.3 Å². The summed E-state index contributed by atoms with van der Waals surface area (Å²) in [6.07, 6.45) is 2.62. The van der Waals surface area contributed by atoms with E-state index in [1.165, 1.54) is 0 Å². The smallest absolute Gasteiger partial charge is 0.326 e. The number of carbonyl (C=O) groups is 2. The van der Waals surface area contributed by atoms with Crippen LogP contribution in [0.4, 0.5) is 4.79 Å². The number of hydrogen-bond acceptors (Lipinski definition) is 5. The van der Waals surface area contributed by atoms with Gasteiger partial charge in [-0.2, -0.15) is 11.8 Å². The van der Waals surface area contributed by atoms with E-state index in [4.69, 9.17) is 5.11 Å². The van der Waals surface area contributed by atoms with Crippen molar-refractivity contribution in [1.29, 1.82) is 0 Å². The van der Waals surface area contributed by atoms with Crippen molar-refractivity contribution >= 4 is 33.6 Å². The Morgan fingerprint density at radius 2 is 1.95 bits per heavy atom. The minimum absolute atomic E-state index is 0.0561. The molecular formula is C11H20N2O5S2. The van der Waals surface area contributed by atoms with Crippen LogP contribution < -0.4 is 10.6 Å². The summed E-state index contributed by atoms with van der Waals surface area (Å²) in [6.45, 7) is 0. The van der Waals surface area contributed by atoms with Gasteiger partial charge in [-0.25, -0.2) is 18.0 Å². The third-order valence-electron chi connectivity index (χ3n) is 2.94. The molecule has 1 aliphatic heterocycles. The van der Waals surface area contributed by atoms with Crippen LogP contribution >= 0.6 is 11.8 Å². The Hall–Kier alpha value is -0.960. The average molecular weight is 324 g/mol. The Kier molecular flexibility index (Phi) is 6.60. The number of amides is 2. The summed E-state index contributed by atoms with van der Waals surface area (Å²) < 4.78 is 22.1. The molecule has 1 saturated heterocycles. The zero-order valence-electron chi connectivity index (χ0n) is 11.3. The summed E-state index contributed by atoms with van der Waals surface area (Å²) in [6, 6.07) is -1.69. The highest BCUT2D eigenvalue weighted by Gasteiger charge is 2.23. The van der Waals surface area contributed by atoms with Crippen LogP contribution in [-0.4, -0.2) is 61.1 Å². The summed E-state index contributed by atoms with van der Waals surface area (Å²) in [5, 5.41) is 14.0. The Morgan fingerprint density at radius 3 is 2.45 bits per heavy atom. The van der Waals surface area contributed by atoms with Crippen LogP contribution in [0.15, 0.2) is 0 Å². The predicted octanol–water partition coefficient (Wildman–Crippen LogP) is 0.0691. The maximum atomic E-state index is 11.7. The molecule has 0 aromatic rings. The summed E-state index contributed by atoms with van der Waals surface area (Å²) >= 11 is 1.82. The summed E-state index contributed by atoms with van der Waals surface area (Å²) in [5.74, 6) is 0.440. The van der Waals surface area contributed by atoms with Gasteiger partial charge in [-0.1, -0.05) is 0 Å². The zero-order chi connectivity index (χ0) is 15.2. The van der Waals surface area contributed by atoms with Gasteiger partial charge in [0.15, 0.2) is 0 Å². The predicted molar refractivity (Wildman–Crippen MR) is 77.8 cm³/mol. The highest BCUT2D eigenvalue weighted by atomic mass is 32.2.